The van der Waals surface area contributed by atoms with E-state index in [4.69, 9.17) is 19.7 Å². The van der Waals surface area contributed by atoms with Gasteiger partial charge in [-0.1, -0.05) is 89.9 Å². The first-order valence-electron chi connectivity index (χ1n) is 17.1. The highest BCUT2D eigenvalue weighted by Gasteiger charge is 2.19. The number of rotatable bonds is 32. The number of hydrogen-bond acceptors (Lipinski definition) is 8. The lowest BCUT2D eigenvalue weighted by molar-refractivity contribution is -0.142. The number of aliphatic carboxylic acids is 2. The normalized spacial score (nSPS) is 11.4. The fourth-order valence-electron chi connectivity index (χ4n) is 4.52. The Bertz CT molecular complexity index is 762. The molecule has 1 atom stereocenters. The molecule has 0 aliphatic carbocycles. The SMILES string of the molecule is CC(=O)CC[C@H](NC(=O)CCCCCCCCCCCCCCCCCCC(=O)O)C(=O)O.CNCCOCCOCC(C)=O. The minimum absolute atomic E-state index is 0.0465. The van der Waals surface area contributed by atoms with E-state index in [2.05, 4.69) is 10.6 Å². The molecule has 0 saturated carbocycles. The molecule has 0 unspecified atom stereocenters. The fourth-order valence-corrected chi connectivity index (χ4v) is 4.52. The monoisotopic (exact) mass is 644 g/mol. The summed E-state index contributed by atoms with van der Waals surface area (Å²) >= 11 is 0. The Labute approximate surface area is 272 Å². The molecule has 0 rings (SSSR count). The number of carboxylic acids is 2. The van der Waals surface area contributed by atoms with Gasteiger partial charge in [-0.15, -0.1) is 0 Å². The predicted molar refractivity (Wildman–Crippen MR) is 176 cm³/mol. The maximum absolute atomic E-state index is 11.9. The Morgan fingerprint density at radius 2 is 1.02 bits per heavy atom. The first-order valence-corrected chi connectivity index (χ1v) is 17.1. The van der Waals surface area contributed by atoms with Crippen molar-refractivity contribution in [2.75, 3.05) is 40.0 Å². The van der Waals surface area contributed by atoms with Gasteiger partial charge in [0.25, 0.3) is 0 Å². The molecule has 11 heteroatoms. The number of ketones is 2. The van der Waals surface area contributed by atoms with Crippen LogP contribution in [-0.4, -0.2) is 85.7 Å². The summed E-state index contributed by atoms with van der Waals surface area (Å²) in [6.07, 6.45) is 19.4. The lowest BCUT2D eigenvalue weighted by Crippen LogP contribution is -2.40. The smallest absolute Gasteiger partial charge is 0.326 e. The molecule has 264 valence electrons. The second kappa shape index (κ2) is 34.5. The van der Waals surface area contributed by atoms with Gasteiger partial charge in [0.05, 0.1) is 19.8 Å². The number of hydrogen-bond donors (Lipinski definition) is 4. The third kappa shape index (κ3) is 39.6. The zero-order valence-corrected chi connectivity index (χ0v) is 28.5. The van der Waals surface area contributed by atoms with Gasteiger partial charge in [-0.2, -0.15) is 0 Å². The van der Waals surface area contributed by atoms with E-state index >= 15 is 0 Å². The average molecular weight is 645 g/mol. The van der Waals surface area contributed by atoms with Crippen LogP contribution in [-0.2, 0) is 33.4 Å². The van der Waals surface area contributed by atoms with Crippen molar-refractivity contribution in [3.05, 3.63) is 0 Å². The number of Topliss-reactive ketones (excluding diaryl/α,β-unsaturated/α-hetero) is 2. The minimum Gasteiger partial charge on any atom is -0.481 e. The van der Waals surface area contributed by atoms with Crippen molar-refractivity contribution in [3.8, 4) is 0 Å². The quantitative estimate of drug-likeness (QED) is 0.0651. The van der Waals surface area contributed by atoms with Crippen LogP contribution in [0.3, 0.4) is 0 Å². The van der Waals surface area contributed by atoms with E-state index in [0.717, 1.165) is 45.1 Å². The van der Waals surface area contributed by atoms with Crippen LogP contribution in [0.2, 0.25) is 0 Å². The Hall–Kier alpha value is -2.37. The second-order valence-corrected chi connectivity index (χ2v) is 11.7. The fraction of sp³-hybridized carbons (Fsp3) is 0.853. The molecule has 0 aliphatic rings. The van der Waals surface area contributed by atoms with E-state index in [1.165, 1.54) is 78.1 Å². The summed E-state index contributed by atoms with van der Waals surface area (Å²) in [6, 6.07) is -0.975. The van der Waals surface area contributed by atoms with E-state index in [0.29, 0.717) is 32.7 Å². The maximum Gasteiger partial charge on any atom is 0.326 e. The number of carbonyl (C=O) groups excluding carboxylic acids is 3. The van der Waals surface area contributed by atoms with Crippen LogP contribution in [0, 0.1) is 0 Å². The number of nitrogens with one attached hydrogen (secondary N) is 2. The lowest BCUT2D eigenvalue weighted by Gasteiger charge is -2.13. The summed E-state index contributed by atoms with van der Waals surface area (Å²) in [5.74, 6) is -2.05. The number of amides is 1. The van der Waals surface area contributed by atoms with Crippen LogP contribution in [0.1, 0.15) is 142 Å². The van der Waals surface area contributed by atoms with Crippen molar-refractivity contribution in [1.29, 1.82) is 0 Å². The van der Waals surface area contributed by atoms with E-state index in [-0.39, 0.29) is 36.9 Å². The largest absolute Gasteiger partial charge is 0.481 e. The zero-order chi connectivity index (χ0) is 34.0. The third-order valence-electron chi connectivity index (χ3n) is 7.14. The highest BCUT2D eigenvalue weighted by molar-refractivity contribution is 5.84. The Balaban J connectivity index is 0. The third-order valence-corrected chi connectivity index (χ3v) is 7.14. The Kier molecular flexibility index (Phi) is 34.3. The van der Waals surface area contributed by atoms with E-state index < -0.39 is 18.0 Å². The van der Waals surface area contributed by atoms with Gasteiger partial charge in [-0.3, -0.25) is 14.4 Å². The molecule has 0 bridgehead atoms. The molecule has 0 fully saturated rings. The predicted octanol–water partition coefficient (Wildman–Crippen LogP) is 5.86. The first-order chi connectivity index (χ1) is 21.6. The van der Waals surface area contributed by atoms with Crippen molar-refractivity contribution in [2.45, 2.75) is 148 Å². The van der Waals surface area contributed by atoms with Gasteiger partial charge in [0.2, 0.25) is 5.91 Å². The van der Waals surface area contributed by atoms with Gasteiger partial charge in [0.1, 0.15) is 18.4 Å². The van der Waals surface area contributed by atoms with Crippen molar-refractivity contribution in [3.63, 3.8) is 0 Å². The number of likely N-dealkylation sites (N-methyl/N-ethyl adjacent to an activating group) is 1. The van der Waals surface area contributed by atoms with Gasteiger partial charge >= 0.3 is 11.9 Å². The second-order valence-electron chi connectivity index (χ2n) is 11.7. The van der Waals surface area contributed by atoms with Crippen LogP contribution in [0.5, 0.6) is 0 Å². The minimum atomic E-state index is -1.09. The van der Waals surface area contributed by atoms with Crippen LogP contribution < -0.4 is 10.6 Å². The maximum atomic E-state index is 11.9. The number of carboxylic acid groups (broad SMARTS) is 2. The van der Waals surface area contributed by atoms with Crippen LogP contribution in [0.4, 0.5) is 0 Å². The number of unbranched alkanes of at least 4 members (excludes halogenated alkanes) is 15. The standard InChI is InChI=1S/C26H47NO6.C8H17NO3/c1-22(28)20-21-23(26(32)33)27-24(29)18-16-14-12-10-8-6-4-2-3-5-7-9-11-13-15-17-19-25(30)31;1-8(10)7-12-6-5-11-4-3-9-2/h23H,2-21H2,1H3,(H,27,29)(H,30,31)(H,32,33);9H,3-7H2,1-2H3/t23-;/m0./s1. The van der Waals surface area contributed by atoms with Crippen LogP contribution in [0.25, 0.3) is 0 Å². The molecule has 0 aromatic carbocycles. The van der Waals surface area contributed by atoms with E-state index in [9.17, 15) is 24.0 Å². The molecule has 45 heavy (non-hydrogen) atoms. The summed E-state index contributed by atoms with van der Waals surface area (Å²) in [7, 11) is 1.87. The van der Waals surface area contributed by atoms with Gasteiger partial charge in [-0.05, 0) is 40.2 Å². The van der Waals surface area contributed by atoms with Crippen molar-refractivity contribution in [1.82, 2.24) is 10.6 Å². The Morgan fingerprint density at radius 3 is 1.42 bits per heavy atom. The molecule has 0 radical (unpaired) electrons. The van der Waals surface area contributed by atoms with Crippen LogP contribution >= 0.6 is 0 Å². The van der Waals surface area contributed by atoms with Crippen LogP contribution in [0.15, 0.2) is 0 Å². The van der Waals surface area contributed by atoms with Crippen molar-refractivity contribution < 1.29 is 43.7 Å². The summed E-state index contributed by atoms with van der Waals surface area (Å²) < 4.78 is 10.1. The van der Waals surface area contributed by atoms with Gasteiger partial charge < -0.3 is 35.1 Å². The molecule has 0 aromatic rings. The van der Waals surface area contributed by atoms with Gasteiger partial charge in [-0.25, -0.2) is 4.79 Å². The highest BCUT2D eigenvalue weighted by atomic mass is 16.5. The molecule has 11 nitrogen and oxygen atoms in total. The lowest BCUT2D eigenvalue weighted by atomic mass is 10.0. The molecule has 0 aromatic heterocycles. The molecule has 4 N–H and O–H groups in total. The summed E-state index contributed by atoms with van der Waals surface area (Å²) in [6.45, 7) is 5.67. The first kappa shape index (κ1) is 44.8. The Morgan fingerprint density at radius 1 is 0.578 bits per heavy atom. The molecule has 1 amide bonds. The number of ether oxygens (including phenoxy) is 2. The molecule has 0 saturated heterocycles. The van der Waals surface area contributed by atoms with Crippen molar-refractivity contribution >= 4 is 29.4 Å². The molecule has 0 spiro atoms. The van der Waals surface area contributed by atoms with Gasteiger partial charge in [0.15, 0.2) is 5.78 Å². The molecular weight excluding hydrogens is 580 g/mol. The van der Waals surface area contributed by atoms with Gasteiger partial charge in [0, 0.05) is 25.8 Å². The topological polar surface area (TPSA) is 168 Å². The highest BCUT2D eigenvalue weighted by Crippen LogP contribution is 2.14. The van der Waals surface area contributed by atoms with Crippen molar-refractivity contribution in [2.24, 2.45) is 0 Å². The van der Waals surface area contributed by atoms with E-state index in [1.807, 2.05) is 7.05 Å². The average Bonchev–Trinajstić information content (AvgIpc) is 2.98. The summed E-state index contributed by atoms with van der Waals surface area (Å²) in [4.78, 5) is 54.9. The molecule has 0 aliphatic heterocycles. The summed E-state index contributed by atoms with van der Waals surface area (Å²) in [5.41, 5.74) is 0. The molecule has 0 heterocycles. The van der Waals surface area contributed by atoms with E-state index in [1.54, 1.807) is 0 Å². The molecular formula is C34H64N2O9. The summed E-state index contributed by atoms with van der Waals surface area (Å²) in [5, 5.41) is 23.2. The zero-order valence-electron chi connectivity index (χ0n) is 28.5. The number of carbonyl (C=O) groups is 5.